The zero-order valence-electron chi connectivity index (χ0n) is 14.9. The molecule has 1 heterocycles. The van der Waals surface area contributed by atoms with Gasteiger partial charge in [0, 0.05) is 5.57 Å². The SMILES string of the molecule is C=C1C(=O)C(C)(C(=O)OC)C(CCc2ccc(C(F)(F)F)cc2)OC1C. The summed E-state index contributed by atoms with van der Waals surface area (Å²) >= 11 is 0. The Balaban J connectivity index is 2.19. The van der Waals surface area contributed by atoms with Crippen LogP contribution < -0.4 is 0 Å². The standard InChI is InChI=1S/C19H21F3O4/c1-11-12(2)26-15(18(3,16(11)23)17(24)25-4)10-7-13-5-8-14(9-6-13)19(20,21)22/h5-6,8-9,12,15H,1,7,10H2,2-4H3. The summed E-state index contributed by atoms with van der Waals surface area (Å²) in [6, 6.07) is 4.77. The van der Waals surface area contributed by atoms with E-state index in [4.69, 9.17) is 9.47 Å². The number of halogens is 3. The van der Waals surface area contributed by atoms with Crippen molar-refractivity contribution in [2.45, 2.75) is 45.1 Å². The maximum atomic E-state index is 12.6. The number of carbonyl (C=O) groups is 2. The average Bonchev–Trinajstić information content (AvgIpc) is 2.60. The van der Waals surface area contributed by atoms with Crippen molar-refractivity contribution >= 4 is 11.8 Å². The van der Waals surface area contributed by atoms with Crippen LogP contribution in [0.5, 0.6) is 0 Å². The third-order valence-corrected chi connectivity index (χ3v) is 4.85. The van der Waals surface area contributed by atoms with Crippen molar-refractivity contribution in [3.63, 3.8) is 0 Å². The van der Waals surface area contributed by atoms with E-state index < -0.39 is 41.1 Å². The summed E-state index contributed by atoms with van der Waals surface area (Å²) in [6.07, 6.45) is -5.07. The maximum Gasteiger partial charge on any atom is 0.416 e. The van der Waals surface area contributed by atoms with Crippen molar-refractivity contribution in [3.8, 4) is 0 Å². The van der Waals surface area contributed by atoms with Crippen molar-refractivity contribution in [1.82, 2.24) is 0 Å². The fourth-order valence-corrected chi connectivity index (χ4v) is 3.08. The number of aryl methyl sites for hydroxylation is 1. The number of hydrogen-bond donors (Lipinski definition) is 0. The molecule has 1 aliphatic rings. The molecule has 2 rings (SSSR count). The van der Waals surface area contributed by atoms with Crippen LogP contribution in [0.4, 0.5) is 13.2 Å². The molecule has 0 N–H and O–H groups in total. The van der Waals surface area contributed by atoms with Gasteiger partial charge in [-0.15, -0.1) is 0 Å². The Morgan fingerprint density at radius 2 is 1.88 bits per heavy atom. The van der Waals surface area contributed by atoms with Gasteiger partial charge in [0.1, 0.15) is 0 Å². The first kappa shape index (κ1) is 20.2. The Kier molecular flexibility index (Phi) is 5.61. The molecule has 1 fully saturated rings. The van der Waals surface area contributed by atoms with Crippen molar-refractivity contribution in [3.05, 3.63) is 47.5 Å². The van der Waals surface area contributed by atoms with Gasteiger partial charge in [-0.25, -0.2) is 0 Å². The normalized spacial score (nSPS) is 26.7. The summed E-state index contributed by atoms with van der Waals surface area (Å²) in [7, 11) is 1.19. The molecule has 0 radical (unpaired) electrons. The van der Waals surface area contributed by atoms with E-state index in [0.29, 0.717) is 12.0 Å². The molecular weight excluding hydrogens is 349 g/mol. The van der Waals surface area contributed by atoms with E-state index in [0.717, 1.165) is 12.1 Å². The van der Waals surface area contributed by atoms with Gasteiger partial charge in [0.05, 0.1) is 24.9 Å². The Morgan fingerprint density at radius 1 is 1.31 bits per heavy atom. The van der Waals surface area contributed by atoms with Crippen LogP contribution in [-0.2, 0) is 31.7 Å². The molecular formula is C19H21F3O4. The molecule has 1 aromatic rings. The third-order valence-electron chi connectivity index (χ3n) is 4.85. The quantitative estimate of drug-likeness (QED) is 0.460. The molecule has 0 spiro atoms. The number of alkyl halides is 3. The summed E-state index contributed by atoms with van der Waals surface area (Å²) in [5, 5.41) is 0. The van der Waals surface area contributed by atoms with Gasteiger partial charge in [0.2, 0.25) is 0 Å². The second-order valence-electron chi connectivity index (χ2n) is 6.55. The van der Waals surface area contributed by atoms with E-state index in [1.165, 1.54) is 26.2 Å². The number of esters is 1. The predicted octanol–water partition coefficient (Wildman–Crippen LogP) is 3.73. The van der Waals surface area contributed by atoms with Crippen molar-refractivity contribution in [2.24, 2.45) is 5.41 Å². The lowest BCUT2D eigenvalue weighted by atomic mass is 9.72. The number of Topliss-reactive ketones (excluding diaryl/α,β-unsaturated/α-hetero) is 1. The number of rotatable bonds is 4. The number of hydrogen-bond acceptors (Lipinski definition) is 4. The van der Waals surface area contributed by atoms with Gasteiger partial charge in [-0.2, -0.15) is 13.2 Å². The minimum Gasteiger partial charge on any atom is -0.468 e. The Morgan fingerprint density at radius 3 is 2.38 bits per heavy atom. The van der Waals surface area contributed by atoms with Crippen LogP contribution in [0.1, 0.15) is 31.4 Å². The summed E-state index contributed by atoms with van der Waals surface area (Å²) in [5.41, 5.74) is -1.40. The first-order valence-corrected chi connectivity index (χ1v) is 8.15. The second kappa shape index (κ2) is 7.23. The van der Waals surface area contributed by atoms with Crippen molar-refractivity contribution in [2.75, 3.05) is 7.11 Å². The molecule has 4 nitrogen and oxygen atoms in total. The van der Waals surface area contributed by atoms with Crippen LogP contribution in [0.15, 0.2) is 36.4 Å². The van der Waals surface area contributed by atoms with E-state index in [2.05, 4.69) is 6.58 Å². The summed E-state index contributed by atoms with van der Waals surface area (Å²) < 4.78 is 48.5. The summed E-state index contributed by atoms with van der Waals surface area (Å²) in [5.74, 6) is -1.14. The highest BCUT2D eigenvalue weighted by Crippen LogP contribution is 2.39. The molecule has 0 saturated carbocycles. The molecule has 3 unspecified atom stereocenters. The monoisotopic (exact) mass is 370 g/mol. The number of carbonyl (C=O) groups excluding carboxylic acids is 2. The second-order valence-corrected chi connectivity index (χ2v) is 6.55. The van der Waals surface area contributed by atoms with Crippen LogP contribution in [0.3, 0.4) is 0 Å². The smallest absolute Gasteiger partial charge is 0.416 e. The van der Waals surface area contributed by atoms with E-state index >= 15 is 0 Å². The van der Waals surface area contributed by atoms with Crippen molar-refractivity contribution in [1.29, 1.82) is 0 Å². The number of ketones is 1. The third kappa shape index (κ3) is 3.67. The molecule has 0 aromatic heterocycles. The highest BCUT2D eigenvalue weighted by Gasteiger charge is 2.54. The lowest BCUT2D eigenvalue weighted by Gasteiger charge is -2.41. The lowest BCUT2D eigenvalue weighted by molar-refractivity contribution is -0.175. The molecule has 1 aromatic carbocycles. The van der Waals surface area contributed by atoms with Crippen LogP contribution in [0.2, 0.25) is 0 Å². The fraction of sp³-hybridized carbons (Fsp3) is 0.474. The zero-order chi connectivity index (χ0) is 19.7. The van der Waals surface area contributed by atoms with Crippen LogP contribution in [0.25, 0.3) is 0 Å². The number of ether oxygens (including phenoxy) is 2. The van der Waals surface area contributed by atoms with Gasteiger partial charge >= 0.3 is 12.1 Å². The number of methoxy groups -OCH3 is 1. The Labute approximate surface area is 150 Å². The minimum absolute atomic E-state index is 0.198. The van der Waals surface area contributed by atoms with Gasteiger partial charge in [0.15, 0.2) is 11.2 Å². The number of benzene rings is 1. The van der Waals surface area contributed by atoms with E-state index in [-0.39, 0.29) is 12.0 Å². The molecule has 7 heteroatoms. The Bertz CT molecular complexity index is 708. The molecule has 0 bridgehead atoms. The van der Waals surface area contributed by atoms with Crippen LogP contribution in [0, 0.1) is 5.41 Å². The lowest BCUT2D eigenvalue weighted by Crippen LogP contribution is -2.55. The molecule has 1 aliphatic heterocycles. The van der Waals surface area contributed by atoms with E-state index in [1.54, 1.807) is 6.92 Å². The largest absolute Gasteiger partial charge is 0.468 e. The molecule has 0 amide bonds. The highest BCUT2D eigenvalue weighted by molar-refractivity contribution is 6.13. The van der Waals surface area contributed by atoms with E-state index in [1.807, 2.05) is 0 Å². The molecule has 0 aliphatic carbocycles. The van der Waals surface area contributed by atoms with Gasteiger partial charge in [-0.05, 0) is 44.4 Å². The van der Waals surface area contributed by atoms with Crippen LogP contribution in [-0.4, -0.2) is 31.1 Å². The zero-order valence-corrected chi connectivity index (χ0v) is 14.9. The van der Waals surface area contributed by atoms with Gasteiger partial charge in [0.25, 0.3) is 0 Å². The predicted molar refractivity (Wildman–Crippen MR) is 88.4 cm³/mol. The van der Waals surface area contributed by atoms with E-state index in [9.17, 15) is 22.8 Å². The topological polar surface area (TPSA) is 52.6 Å². The molecule has 3 atom stereocenters. The fourth-order valence-electron chi connectivity index (χ4n) is 3.08. The molecule has 142 valence electrons. The summed E-state index contributed by atoms with van der Waals surface area (Å²) in [6.45, 7) is 6.81. The average molecular weight is 370 g/mol. The molecule has 1 saturated heterocycles. The first-order valence-electron chi connectivity index (χ1n) is 8.15. The summed E-state index contributed by atoms with van der Waals surface area (Å²) in [4.78, 5) is 24.9. The Hall–Kier alpha value is -2.15. The van der Waals surface area contributed by atoms with Gasteiger partial charge in [-0.3, -0.25) is 9.59 Å². The minimum atomic E-state index is -4.39. The maximum absolute atomic E-state index is 12.6. The van der Waals surface area contributed by atoms with Gasteiger partial charge < -0.3 is 9.47 Å². The van der Waals surface area contributed by atoms with Crippen LogP contribution >= 0.6 is 0 Å². The van der Waals surface area contributed by atoms with Gasteiger partial charge in [-0.1, -0.05) is 18.7 Å². The molecule has 26 heavy (non-hydrogen) atoms. The highest BCUT2D eigenvalue weighted by atomic mass is 19.4. The van der Waals surface area contributed by atoms with Crippen molar-refractivity contribution < 1.29 is 32.2 Å². The first-order chi connectivity index (χ1) is 12.0.